The molecule has 7 heteroatoms. The van der Waals surface area contributed by atoms with Gasteiger partial charge in [-0.2, -0.15) is 0 Å². The molecule has 0 aliphatic carbocycles. The molecule has 0 unspecified atom stereocenters. The normalized spacial score (nSPS) is 12.9. The third kappa shape index (κ3) is 3.06. The second-order valence-corrected chi connectivity index (χ2v) is 5.73. The van der Waals surface area contributed by atoms with Gasteiger partial charge in [-0.3, -0.25) is 14.4 Å². The van der Waals surface area contributed by atoms with Gasteiger partial charge in [-0.15, -0.1) is 0 Å². The van der Waals surface area contributed by atoms with Gasteiger partial charge in [-0.25, -0.2) is 9.69 Å². The van der Waals surface area contributed by atoms with E-state index in [0.717, 1.165) is 4.90 Å². The monoisotopic (exact) mass is 353 g/mol. The number of imide groups is 1. The summed E-state index contributed by atoms with van der Waals surface area (Å²) in [5.74, 6) is -2.54. The average Bonchev–Trinajstić information content (AvgIpc) is 2.86. The number of amides is 2. The highest BCUT2D eigenvalue weighted by Gasteiger charge is 2.37. The molecule has 7 nitrogen and oxygen atoms in total. The van der Waals surface area contributed by atoms with Crippen molar-refractivity contribution in [3.8, 4) is 5.75 Å². The smallest absolute Gasteiger partial charge is 0.335 e. The lowest BCUT2D eigenvalue weighted by Crippen LogP contribution is -2.29. The Balaban J connectivity index is 1.93. The van der Waals surface area contributed by atoms with Crippen LogP contribution >= 0.6 is 0 Å². The Bertz CT molecular complexity index is 933. The van der Waals surface area contributed by atoms with Crippen LogP contribution in [-0.2, 0) is 4.79 Å². The van der Waals surface area contributed by atoms with E-state index < -0.39 is 23.8 Å². The number of anilines is 1. The second-order valence-electron chi connectivity index (χ2n) is 5.73. The van der Waals surface area contributed by atoms with Crippen LogP contribution in [0.2, 0.25) is 0 Å². The number of carbonyl (C=O) groups is 4. The summed E-state index contributed by atoms with van der Waals surface area (Å²) < 4.78 is 5.19. The van der Waals surface area contributed by atoms with Gasteiger partial charge in [0.05, 0.1) is 22.4 Å². The molecular weight excluding hydrogens is 338 g/mol. The third-order valence-electron chi connectivity index (χ3n) is 3.90. The second kappa shape index (κ2) is 6.79. The number of benzene rings is 2. The maximum atomic E-state index is 12.6. The first kappa shape index (κ1) is 17.3. The molecule has 0 saturated heterocycles. The molecule has 132 valence electrons. The van der Waals surface area contributed by atoms with E-state index in [1.807, 2.05) is 6.92 Å². The summed E-state index contributed by atoms with van der Waals surface area (Å²) in [5.41, 5.74) is 0.334. The highest BCUT2D eigenvalue weighted by atomic mass is 16.5. The number of hydrogen-bond acceptors (Lipinski definition) is 5. The molecule has 0 spiro atoms. The molecule has 1 heterocycles. The first-order valence-electron chi connectivity index (χ1n) is 7.99. The molecular formula is C19H15NO6. The molecule has 0 saturated carbocycles. The molecule has 1 aliphatic heterocycles. The van der Waals surface area contributed by atoms with Crippen molar-refractivity contribution in [3.05, 3.63) is 59.2 Å². The lowest BCUT2D eigenvalue weighted by molar-refractivity contribution is -0.134. The number of hydrogen-bond donors (Lipinski definition) is 1. The largest absolute Gasteiger partial charge is 0.478 e. The molecule has 0 aromatic heterocycles. The van der Waals surface area contributed by atoms with Crippen molar-refractivity contribution in [2.45, 2.75) is 19.8 Å². The highest BCUT2D eigenvalue weighted by Crippen LogP contribution is 2.31. The number of carboxylic acids is 1. The Hall–Kier alpha value is -3.48. The molecule has 26 heavy (non-hydrogen) atoms. The fraction of sp³-hybridized carbons (Fsp3) is 0.158. The van der Waals surface area contributed by atoms with Crippen molar-refractivity contribution in [1.82, 2.24) is 0 Å². The molecule has 2 aromatic carbocycles. The SMILES string of the molecule is CCCC(=O)Oc1cccc(N2C(=O)c3ccc(C(=O)O)cc3C2=O)c1. The molecule has 2 aromatic rings. The fourth-order valence-electron chi connectivity index (χ4n) is 2.68. The van der Waals surface area contributed by atoms with Crippen LogP contribution in [-0.4, -0.2) is 28.9 Å². The number of nitrogens with zero attached hydrogens (tertiary/aromatic N) is 1. The molecule has 0 radical (unpaired) electrons. The molecule has 1 aliphatic rings. The number of carboxylic acid groups (broad SMARTS) is 1. The topological polar surface area (TPSA) is 101 Å². The number of carbonyl (C=O) groups excluding carboxylic acids is 3. The fourth-order valence-corrected chi connectivity index (χ4v) is 2.68. The minimum absolute atomic E-state index is 0.0308. The molecule has 3 rings (SSSR count). The predicted molar refractivity (Wildman–Crippen MR) is 91.5 cm³/mol. The summed E-state index contributed by atoms with van der Waals surface area (Å²) in [5, 5.41) is 9.06. The number of esters is 1. The minimum atomic E-state index is -1.18. The lowest BCUT2D eigenvalue weighted by atomic mass is 10.1. The van der Waals surface area contributed by atoms with Crippen LogP contribution in [0.5, 0.6) is 5.75 Å². The molecule has 0 fully saturated rings. The third-order valence-corrected chi connectivity index (χ3v) is 3.90. The Morgan fingerprint density at radius 3 is 2.46 bits per heavy atom. The summed E-state index contributed by atoms with van der Waals surface area (Å²) in [6.07, 6.45) is 0.901. The highest BCUT2D eigenvalue weighted by molar-refractivity contribution is 6.34. The maximum Gasteiger partial charge on any atom is 0.335 e. The predicted octanol–water partition coefficient (Wildman–Crippen LogP) is 2.89. The number of aromatic carboxylic acids is 1. The number of fused-ring (bicyclic) bond motifs is 1. The summed E-state index contributed by atoms with van der Waals surface area (Å²) in [6.45, 7) is 1.85. The van der Waals surface area contributed by atoms with Gasteiger partial charge in [0, 0.05) is 12.5 Å². The van der Waals surface area contributed by atoms with Crippen molar-refractivity contribution < 1.29 is 29.0 Å². The van der Waals surface area contributed by atoms with Gasteiger partial charge in [0.15, 0.2) is 0 Å². The molecule has 0 atom stereocenters. The Kier molecular flexibility index (Phi) is 4.53. The van der Waals surface area contributed by atoms with Crippen LogP contribution < -0.4 is 9.64 Å². The van der Waals surface area contributed by atoms with Gasteiger partial charge in [0.1, 0.15) is 5.75 Å². The first-order valence-corrected chi connectivity index (χ1v) is 7.99. The lowest BCUT2D eigenvalue weighted by Gasteiger charge is -2.15. The van der Waals surface area contributed by atoms with Gasteiger partial charge < -0.3 is 9.84 Å². The van der Waals surface area contributed by atoms with E-state index in [-0.39, 0.29) is 34.5 Å². The Morgan fingerprint density at radius 1 is 1.04 bits per heavy atom. The van der Waals surface area contributed by atoms with E-state index in [1.165, 1.54) is 30.3 Å². The maximum absolute atomic E-state index is 12.6. The summed E-state index contributed by atoms with van der Waals surface area (Å²) in [4.78, 5) is 48.8. The van der Waals surface area contributed by atoms with E-state index in [2.05, 4.69) is 0 Å². The van der Waals surface area contributed by atoms with Crippen LogP contribution in [0.25, 0.3) is 0 Å². The van der Waals surface area contributed by atoms with Gasteiger partial charge in [0.25, 0.3) is 11.8 Å². The number of rotatable bonds is 5. The summed E-state index contributed by atoms with van der Waals surface area (Å²) in [6, 6.07) is 9.87. The van der Waals surface area contributed by atoms with Crippen molar-refractivity contribution in [3.63, 3.8) is 0 Å². The molecule has 0 bridgehead atoms. The van der Waals surface area contributed by atoms with Crippen molar-refractivity contribution >= 4 is 29.4 Å². The van der Waals surface area contributed by atoms with Crippen molar-refractivity contribution in [2.24, 2.45) is 0 Å². The zero-order valence-electron chi connectivity index (χ0n) is 13.9. The van der Waals surface area contributed by atoms with Gasteiger partial charge in [-0.05, 0) is 36.8 Å². The minimum Gasteiger partial charge on any atom is -0.478 e. The average molecular weight is 353 g/mol. The van der Waals surface area contributed by atoms with E-state index in [0.29, 0.717) is 6.42 Å². The quantitative estimate of drug-likeness (QED) is 0.504. The van der Waals surface area contributed by atoms with Crippen LogP contribution in [0.1, 0.15) is 50.8 Å². The Labute approximate surface area is 148 Å². The first-order chi connectivity index (χ1) is 12.4. The van der Waals surface area contributed by atoms with Crippen LogP contribution in [0.4, 0.5) is 5.69 Å². The Morgan fingerprint density at radius 2 is 1.77 bits per heavy atom. The van der Waals surface area contributed by atoms with Crippen LogP contribution in [0, 0.1) is 0 Å². The van der Waals surface area contributed by atoms with E-state index in [4.69, 9.17) is 9.84 Å². The van der Waals surface area contributed by atoms with Crippen molar-refractivity contribution in [1.29, 1.82) is 0 Å². The van der Waals surface area contributed by atoms with E-state index >= 15 is 0 Å². The zero-order valence-corrected chi connectivity index (χ0v) is 13.9. The van der Waals surface area contributed by atoms with Gasteiger partial charge in [0.2, 0.25) is 0 Å². The van der Waals surface area contributed by atoms with Crippen LogP contribution in [0.3, 0.4) is 0 Å². The van der Waals surface area contributed by atoms with E-state index in [9.17, 15) is 19.2 Å². The van der Waals surface area contributed by atoms with Crippen LogP contribution in [0.15, 0.2) is 42.5 Å². The molecule has 2 amide bonds. The van der Waals surface area contributed by atoms with Crippen molar-refractivity contribution in [2.75, 3.05) is 4.90 Å². The van der Waals surface area contributed by atoms with Gasteiger partial charge in [-0.1, -0.05) is 13.0 Å². The zero-order chi connectivity index (χ0) is 18.8. The van der Waals surface area contributed by atoms with E-state index in [1.54, 1.807) is 12.1 Å². The van der Waals surface area contributed by atoms with Gasteiger partial charge >= 0.3 is 11.9 Å². The summed E-state index contributed by atoms with van der Waals surface area (Å²) in [7, 11) is 0. The molecule has 1 N–H and O–H groups in total. The number of ether oxygens (including phenoxy) is 1. The standard InChI is InChI=1S/C19H15NO6/c1-2-4-16(21)26-13-6-3-5-12(10-13)20-17(22)14-8-7-11(19(24)25)9-15(14)18(20)23/h3,5-10H,2,4H2,1H3,(H,24,25). The summed E-state index contributed by atoms with van der Waals surface area (Å²) >= 11 is 0.